The van der Waals surface area contributed by atoms with Gasteiger partial charge < -0.3 is 20.1 Å². The van der Waals surface area contributed by atoms with Crippen molar-refractivity contribution in [1.82, 2.24) is 20.1 Å². The quantitative estimate of drug-likeness (QED) is 0.196. The molecule has 0 saturated carbocycles. The van der Waals surface area contributed by atoms with E-state index in [1.807, 2.05) is 72.6 Å². The molecular formula is C32H34Cl2N4O2S. The Labute approximate surface area is 255 Å². The van der Waals surface area contributed by atoms with Crippen molar-refractivity contribution >= 4 is 57.7 Å². The van der Waals surface area contributed by atoms with Gasteiger partial charge in [-0.15, -0.1) is 11.8 Å². The van der Waals surface area contributed by atoms with Crippen LogP contribution >= 0.6 is 35.0 Å². The van der Waals surface area contributed by atoms with E-state index in [2.05, 4.69) is 41.5 Å². The van der Waals surface area contributed by atoms with E-state index in [4.69, 9.17) is 23.2 Å². The molecule has 1 aromatic heterocycles. The summed E-state index contributed by atoms with van der Waals surface area (Å²) in [6.45, 7) is 3.61. The van der Waals surface area contributed by atoms with Gasteiger partial charge in [0, 0.05) is 69.4 Å². The predicted molar refractivity (Wildman–Crippen MR) is 169 cm³/mol. The van der Waals surface area contributed by atoms with Crippen LogP contribution in [-0.4, -0.2) is 59.5 Å². The molecule has 9 heteroatoms. The summed E-state index contributed by atoms with van der Waals surface area (Å²) in [7, 11) is 3.95. The molecule has 6 nitrogen and oxygen atoms in total. The molecule has 4 aromatic rings. The molecule has 0 spiro atoms. The summed E-state index contributed by atoms with van der Waals surface area (Å²) < 4.78 is 0. The maximum atomic E-state index is 14.3. The van der Waals surface area contributed by atoms with Crippen LogP contribution in [0.3, 0.4) is 0 Å². The third-order valence-electron chi connectivity index (χ3n) is 7.67. The number of aromatic nitrogens is 1. The predicted octanol–water partition coefficient (Wildman–Crippen LogP) is 6.71. The molecular weight excluding hydrogens is 575 g/mol. The summed E-state index contributed by atoms with van der Waals surface area (Å²) in [5, 5.41) is 5.38. The van der Waals surface area contributed by atoms with Crippen molar-refractivity contribution in [3.05, 3.63) is 99.7 Å². The van der Waals surface area contributed by atoms with Crippen LogP contribution in [0.5, 0.6) is 0 Å². The number of likely N-dealkylation sites (N-methyl/N-ethyl adjacent to an activating group) is 1. The van der Waals surface area contributed by atoms with Gasteiger partial charge >= 0.3 is 0 Å². The van der Waals surface area contributed by atoms with Crippen LogP contribution in [0.2, 0.25) is 10.0 Å². The lowest BCUT2D eigenvalue weighted by atomic mass is 9.77. The third-order valence-corrected chi connectivity index (χ3v) is 9.42. The van der Waals surface area contributed by atoms with Gasteiger partial charge in [-0.25, -0.2) is 0 Å². The Morgan fingerprint density at radius 2 is 1.78 bits per heavy atom. The number of benzene rings is 3. The zero-order valence-corrected chi connectivity index (χ0v) is 25.7. The van der Waals surface area contributed by atoms with Crippen LogP contribution in [0.4, 0.5) is 0 Å². The van der Waals surface area contributed by atoms with E-state index in [1.54, 1.807) is 11.8 Å². The molecule has 5 rings (SSSR count). The normalized spacial score (nSPS) is 18.9. The summed E-state index contributed by atoms with van der Waals surface area (Å²) in [4.78, 5) is 36.6. The molecule has 2 amide bonds. The number of aryl methyl sites for hydroxylation is 1. The van der Waals surface area contributed by atoms with Gasteiger partial charge in [0.1, 0.15) is 0 Å². The number of amides is 2. The van der Waals surface area contributed by atoms with Gasteiger partial charge in [0.05, 0.1) is 11.5 Å². The number of H-pyrrole nitrogens is 1. The molecule has 2 heterocycles. The third kappa shape index (κ3) is 6.44. The standard InChI is InChI=1S/C32H34Cl2N4O2S/c1-21-4-11-25(12-5-21)41-20-32(31(40)35-14-15-37(2)3)17-29(39)38(19-22-6-8-23(33)9-7-22)30(32)27-18-36-28-16-24(34)10-13-26(27)28/h4-13,16,18,30,36H,14-15,17,19-20H2,1-3H3,(H,35,40). The van der Waals surface area contributed by atoms with Crippen molar-refractivity contribution in [2.45, 2.75) is 30.8 Å². The van der Waals surface area contributed by atoms with Gasteiger partial charge in [0.2, 0.25) is 11.8 Å². The number of carbonyl (C=O) groups is 2. The number of hydrogen-bond donors (Lipinski definition) is 2. The smallest absolute Gasteiger partial charge is 0.230 e. The van der Waals surface area contributed by atoms with Crippen LogP contribution in [0, 0.1) is 12.3 Å². The molecule has 2 unspecified atom stereocenters. The van der Waals surface area contributed by atoms with Crippen LogP contribution < -0.4 is 5.32 Å². The van der Waals surface area contributed by atoms with Gasteiger partial charge in [0.15, 0.2) is 0 Å². The van der Waals surface area contributed by atoms with E-state index in [-0.39, 0.29) is 18.2 Å². The molecule has 1 fully saturated rings. The van der Waals surface area contributed by atoms with Crippen LogP contribution in [0.25, 0.3) is 10.9 Å². The second kappa shape index (κ2) is 12.5. The molecule has 41 heavy (non-hydrogen) atoms. The van der Waals surface area contributed by atoms with Gasteiger partial charge in [0.25, 0.3) is 0 Å². The Morgan fingerprint density at radius 1 is 1.07 bits per heavy atom. The number of carbonyl (C=O) groups excluding carboxylic acids is 2. The van der Waals surface area contributed by atoms with Crippen molar-refractivity contribution in [2.75, 3.05) is 32.9 Å². The fourth-order valence-electron chi connectivity index (χ4n) is 5.50. The Balaban J connectivity index is 1.61. The van der Waals surface area contributed by atoms with Crippen molar-refractivity contribution < 1.29 is 9.59 Å². The summed E-state index contributed by atoms with van der Waals surface area (Å²) in [6.07, 6.45) is 2.04. The van der Waals surface area contributed by atoms with E-state index in [9.17, 15) is 9.59 Å². The van der Waals surface area contributed by atoms with E-state index >= 15 is 0 Å². The fourth-order valence-corrected chi connectivity index (χ4v) is 6.95. The highest BCUT2D eigenvalue weighted by atomic mass is 35.5. The maximum absolute atomic E-state index is 14.3. The molecule has 214 valence electrons. The second-order valence-corrected chi connectivity index (χ2v) is 12.9. The average molecular weight is 610 g/mol. The minimum Gasteiger partial charge on any atom is -0.361 e. The molecule has 0 bridgehead atoms. The van der Waals surface area contributed by atoms with Gasteiger partial charge in [-0.2, -0.15) is 0 Å². The molecule has 0 radical (unpaired) electrons. The number of fused-ring (bicyclic) bond motifs is 1. The van der Waals surface area contributed by atoms with E-state index in [0.717, 1.165) is 26.9 Å². The first-order valence-electron chi connectivity index (χ1n) is 13.6. The van der Waals surface area contributed by atoms with E-state index < -0.39 is 11.5 Å². The van der Waals surface area contributed by atoms with Crippen molar-refractivity contribution in [3.8, 4) is 0 Å². The molecule has 0 aliphatic carbocycles. The number of nitrogens with zero attached hydrogens (tertiary/aromatic N) is 2. The summed E-state index contributed by atoms with van der Waals surface area (Å²) in [5.74, 6) is 0.275. The zero-order chi connectivity index (χ0) is 29.1. The number of likely N-dealkylation sites (tertiary alicyclic amines) is 1. The number of hydrogen-bond acceptors (Lipinski definition) is 4. The molecule has 1 aliphatic heterocycles. The average Bonchev–Trinajstić information content (AvgIpc) is 3.47. The van der Waals surface area contributed by atoms with Gasteiger partial charge in [-0.3, -0.25) is 9.59 Å². The number of halogens is 2. The Morgan fingerprint density at radius 3 is 2.49 bits per heavy atom. The molecule has 2 atom stereocenters. The number of nitrogens with one attached hydrogen (secondary N) is 2. The lowest BCUT2D eigenvalue weighted by molar-refractivity contribution is -0.131. The largest absolute Gasteiger partial charge is 0.361 e. The number of thioether (sulfide) groups is 1. The van der Waals surface area contributed by atoms with E-state index in [0.29, 0.717) is 35.4 Å². The highest BCUT2D eigenvalue weighted by molar-refractivity contribution is 7.99. The van der Waals surface area contributed by atoms with Crippen LogP contribution in [-0.2, 0) is 16.1 Å². The maximum Gasteiger partial charge on any atom is 0.230 e. The lowest BCUT2D eigenvalue weighted by Gasteiger charge is -2.37. The molecule has 1 aliphatic rings. The lowest BCUT2D eigenvalue weighted by Crippen LogP contribution is -2.48. The number of aromatic amines is 1. The zero-order valence-electron chi connectivity index (χ0n) is 23.4. The fraction of sp³-hybridized carbons (Fsp3) is 0.312. The van der Waals surface area contributed by atoms with Gasteiger partial charge in [-0.05, 0) is 63.0 Å². The second-order valence-electron chi connectivity index (χ2n) is 11.0. The van der Waals surface area contributed by atoms with Crippen LogP contribution in [0.15, 0.2) is 77.8 Å². The van der Waals surface area contributed by atoms with Crippen molar-refractivity contribution in [3.63, 3.8) is 0 Å². The molecule has 3 aromatic carbocycles. The highest BCUT2D eigenvalue weighted by Crippen LogP contribution is 2.53. The SMILES string of the molecule is Cc1ccc(SCC2(C(=O)NCCN(C)C)CC(=O)N(Cc3ccc(Cl)cc3)C2c2c[nH]c3cc(Cl)ccc23)cc1. The Kier molecular flexibility index (Phi) is 9.00. The Hall–Kier alpha value is -2.97. The van der Waals surface area contributed by atoms with Crippen molar-refractivity contribution in [1.29, 1.82) is 0 Å². The summed E-state index contributed by atoms with van der Waals surface area (Å²) in [5.41, 5.74) is 2.88. The van der Waals surface area contributed by atoms with E-state index in [1.165, 1.54) is 5.56 Å². The molecule has 2 N–H and O–H groups in total. The van der Waals surface area contributed by atoms with Gasteiger partial charge in [-0.1, -0.05) is 59.1 Å². The first-order chi connectivity index (χ1) is 19.7. The number of rotatable bonds is 10. The topological polar surface area (TPSA) is 68.4 Å². The summed E-state index contributed by atoms with van der Waals surface area (Å²) >= 11 is 14.1. The van der Waals surface area contributed by atoms with Crippen molar-refractivity contribution in [2.24, 2.45) is 5.41 Å². The first-order valence-corrected chi connectivity index (χ1v) is 15.3. The molecule has 1 saturated heterocycles. The Bertz CT molecular complexity index is 1540. The first kappa shape index (κ1) is 29.5. The minimum atomic E-state index is -1.01. The highest BCUT2D eigenvalue weighted by Gasteiger charge is 2.57. The minimum absolute atomic E-state index is 0.0551. The van der Waals surface area contributed by atoms with Crippen LogP contribution in [0.1, 0.15) is 29.2 Å². The monoisotopic (exact) mass is 608 g/mol. The summed E-state index contributed by atoms with van der Waals surface area (Å²) in [6, 6.07) is 21.0.